The van der Waals surface area contributed by atoms with Gasteiger partial charge in [0.1, 0.15) is 0 Å². The van der Waals surface area contributed by atoms with Crippen LogP contribution in [0.5, 0.6) is 0 Å². The Labute approximate surface area is 162 Å². The third-order valence-electron chi connectivity index (χ3n) is 4.39. The van der Waals surface area contributed by atoms with E-state index in [1.165, 1.54) is 12.5 Å². The van der Waals surface area contributed by atoms with E-state index in [1.54, 1.807) is 6.07 Å². The van der Waals surface area contributed by atoms with Gasteiger partial charge in [-0.2, -0.15) is 28.1 Å². The average molecular weight is 394 g/mol. The Morgan fingerprint density at radius 3 is 2.43 bits per heavy atom. The number of nitrogens with zero attached hydrogens (tertiary/aromatic N) is 4. The second-order valence-corrected chi connectivity index (χ2v) is 7.18. The molecular formula is C19H25F3N6. The van der Waals surface area contributed by atoms with Crippen LogP contribution >= 0.6 is 0 Å². The van der Waals surface area contributed by atoms with Crippen molar-refractivity contribution in [3.05, 3.63) is 35.4 Å². The van der Waals surface area contributed by atoms with E-state index < -0.39 is 11.7 Å². The van der Waals surface area contributed by atoms with Crippen molar-refractivity contribution in [1.82, 2.24) is 15.0 Å². The van der Waals surface area contributed by atoms with E-state index in [9.17, 15) is 13.2 Å². The minimum absolute atomic E-state index is 0.146. The highest BCUT2D eigenvalue weighted by Gasteiger charge is 2.30. The van der Waals surface area contributed by atoms with E-state index >= 15 is 0 Å². The molecule has 152 valence electrons. The number of piperidine rings is 1. The number of rotatable bonds is 6. The van der Waals surface area contributed by atoms with Crippen molar-refractivity contribution in [3.63, 3.8) is 0 Å². The van der Waals surface area contributed by atoms with Crippen molar-refractivity contribution >= 4 is 17.8 Å². The molecule has 0 unspecified atom stereocenters. The van der Waals surface area contributed by atoms with Gasteiger partial charge in [-0.3, -0.25) is 0 Å². The zero-order valence-corrected chi connectivity index (χ0v) is 16.1. The lowest BCUT2D eigenvalue weighted by molar-refractivity contribution is -0.137. The Hall–Kier alpha value is -2.58. The fourth-order valence-electron chi connectivity index (χ4n) is 3.04. The molecular weight excluding hydrogens is 369 g/mol. The van der Waals surface area contributed by atoms with Crippen LogP contribution in [0.15, 0.2) is 24.3 Å². The molecule has 1 aromatic carbocycles. The normalized spacial score (nSPS) is 15.0. The number of alkyl halides is 3. The van der Waals surface area contributed by atoms with Gasteiger partial charge >= 0.3 is 6.18 Å². The van der Waals surface area contributed by atoms with E-state index in [4.69, 9.17) is 0 Å². The van der Waals surface area contributed by atoms with Crippen LogP contribution in [0.1, 0.15) is 44.2 Å². The first kappa shape index (κ1) is 20.2. The fraction of sp³-hybridized carbons (Fsp3) is 0.526. The third-order valence-corrected chi connectivity index (χ3v) is 4.39. The fourth-order valence-corrected chi connectivity index (χ4v) is 3.04. The summed E-state index contributed by atoms with van der Waals surface area (Å²) in [7, 11) is 0. The summed E-state index contributed by atoms with van der Waals surface area (Å²) >= 11 is 0. The van der Waals surface area contributed by atoms with Crippen molar-refractivity contribution in [2.24, 2.45) is 0 Å². The van der Waals surface area contributed by atoms with Gasteiger partial charge < -0.3 is 15.5 Å². The first-order valence-electron chi connectivity index (χ1n) is 9.49. The van der Waals surface area contributed by atoms with E-state index in [0.717, 1.165) is 38.1 Å². The summed E-state index contributed by atoms with van der Waals surface area (Å²) in [6.07, 6.45) is -0.991. The molecule has 1 aromatic heterocycles. The Kier molecular flexibility index (Phi) is 6.21. The molecule has 0 bridgehead atoms. The molecule has 1 aliphatic heterocycles. The van der Waals surface area contributed by atoms with E-state index in [2.05, 4.69) is 30.5 Å². The summed E-state index contributed by atoms with van der Waals surface area (Å²) in [4.78, 5) is 15.5. The predicted molar refractivity (Wildman–Crippen MR) is 103 cm³/mol. The smallest absolute Gasteiger partial charge is 0.352 e. The summed E-state index contributed by atoms with van der Waals surface area (Å²) < 4.78 is 38.7. The quantitative estimate of drug-likeness (QED) is 0.761. The molecule has 1 saturated heterocycles. The lowest BCUT2D eigenvalue weighted by Crippen LogP contribution is -2.31. The van der Waals surface area contributed by atoms with Crippen LogP contribution in [0.3, 0.4) is 0 Å². The third kappa shape index (κ3) is 5.46. The Morgan fingerprint density at radius 2 is 1.75 bits per heavy atom. The van der Waals surface area contributed by atoms with Crippen LogP contribution in [0.2, 0.25) is 0 Å². The molecule has 0 saturated carbocycles. The molecule has 3 rings (SSSR count). The maximum Gasteiger partial charge on any atom is 0.416 e. The molecule has 1 fully saturated rings. The molecule has 0 radical (unpaired) electrons. The molecule has 0 atom stereocenters. The summed E-state index contributed by atoms with van der Waals surface area (Å²) in [5.41, 5.74) is -0.160. The number of hydrogen-bond acceptors (Lipinski definition) is 6. The van der Waals surface area contributed by atoms with Crippen molar-refractivity contribution in [2.75, 3.05) is 28.6 Å². The maximum absolute atomic E-state index is 12.9. The van der Waals surface area contributed by atoms with E-state index in [1.807, 2.05) is 13.8 Å². The minimum Gasteiger partial charge on any atom is -0.352 e. The molecule has 2 N–H and O–H groups in total. The highest BCUT2D eigenvalue weighted by Crippen LogP contribution is 2.29. The van der Waals surface area contributed by atoms with Crippen LogP contribution in [0.4, 0.5) is 31.0 Å². The van der Waals surface area contributed by atoms with Gasteiger partial charge in [-0.15, -0.1) is 0 Å². The summed E-state index contributed by atoms with van der Waals surface area (Å²) in [6, 6.07) is 5.38. The standard InChI is InChI=1S/C19H25F3N6/c1-13(2)24-17-25-16(26-18(27-17)28-9-4-3-5-10-28)23-12-14-7-6-8-15(11-14)19(20,21)22/h6-8,11,13H,3-5,9-10,12H2,1-2H3,(H2,23,24,25,26,27). The summed E-state index contributed by atoms with van der Waals surface area (Å²) in [5, 5.41) is 6.21. The van der Waals surface area contributed by atoms with Gasteiger partial charge in [0.05, 0.1) is 5.56 Å². The van der Waals surface area contributed by atoms with Crippen LogP contribution in [-0.4, -0.2) is 34.1 Å². The Balaban J connectivity index is 1.78. The number of nitrogens with one attached hydrogen (secondary N) is 2. The lowest BCUT2D eigenvalue weighted by atomic mass is 10.1. The zero-order chi connectivity index (χ0) is 20.1. The van der Waals surface area contributed by atoms with E-state index in [0.29, 0.717) is 23.4 Å². The van der Waals surface area contributed by atoms with Gasteiger partial charge in [-0.25, -0.2) is 0 Å². The summed E-state index contributed by atoms with van der Waals surface area (Å²) in [6.45, 7) is 5.94. The first-order chi connectivity index (χ1) is 13.3. The largest absolute Gasteiger partial charge is 0.416 e. The molecule has 28 heavy (non-hydrogen) atoms. The molecule has 2 heterocycles. The number of aromatic nitrogens is 3. The van der Waals surface area contributed by atoms with Crippen LogP contribution < -0.4 is 15.5 Å². The Bertz CT molecular complexity index is 787. The van der Waals surface area contributed by atoms with Gasteiger partial charge in [-0.1, -0.05) is 12.1 Å². The average Bonchev–Trinajstić information content (AvgIpc) is 2.66. The van der Waals surface area contributed by atoms with E-state index in [-0.39, 0.29) is 12.6 Å². The van der Waals surface area contributed by atoms with Gasteiger partial charge in [0, 0.05) is 25.7 Å². The zero-order valence-electron chi connectivity index (χ0n) is 16.1. The Morgan fingerprint density at radius 1 is 1.04 bits per heavy atom. The number of anilines is 3. The van der Waals surface area contributed by atoms with Crippen LogP contribution in [0.25, 0.3) is 0 Å². The highest BCUT2D eigenvalue weighted by atomic mass is 19.4. The van der Waals surface area contributed by atoms with Gasteiger partial charge in [0.2, 0.25) is 17.8 Å². The van der Waals surface area contributed by atoms with Crippen molar-refractivity contribution < 1.29 is 13.2 Å². The number of benzene rings is 1. The van der Waals surface area contributed by atoms with Gasteiger partial charge in [-0.05, 0) is 50.8 Å². The molecule has 0 aliphatic carbocycles. The minimum atomic E-state index is -4.36. The lowest BCUT2D eigenvalue weighted by Gasteiger charge is -2.27. The number of halogens is 3. The second-order valence-electron chi connectivity index (χ2n) is 7.18. The predicted octanol–water partition coefficient (Wildman–Crippen LogP) is 4.31. The first-order valence-corrected chi connectivity index (χ1v) is 9.49. The topological polar surface area (TPSA) is 66.0 Å². The monoisotopic (exact) mass is 394 g/mol. The summed E-state index contributed by atoms with van der Waals surface area (Å²) in [5.74, 6) is 1.39. The van der Waals surface area contributed by atoms with Crippen molar-refractivity contribution in [3.8, 4) is 0 Å². The van der Waals surface area contributed by atoms with Crippen molar-refractivity contribution in [2.45, 2.75) is 51.9 Å². The molecule has 9 heteroatoms. The van der Waals surface area contributed by atoms with Crippen molar-refractivity contribution in [1.29, 1.82) is 0 Å². The maximum atomic E-state index is 12.9. The molecule has 6 nitrogen and oxygen atoms in total. The van der Waals surface area contributed by atoms with Crippen LogP contribution in [0, 0.1) is 0 Å². The molecule has 0 amide bonds. The second kappa shape index (κ2) is 8.62. The molecule has 2 aromatic rings. The molecule has 1 aliphatic rings. The molecule has 0 spiro atoms. The SMILES string of the molecule is CC(C)Nc1nc(NCc2cccc(C(F)(F)F)c2)nc(N2CCCCC2)n1. The highest BCUT2D eigenvalue weighted by molar-refractivity contribution is 5.44. The van der Waals surface area contributed by atoms with Gasteiger partial charge in [0.25, 0.3) is 0 Å². The van der Waals surface area contributed by atoms with Crippen LogP contribution in [-0.2, 0) is 12.7 Å². The van der Waals surface area contributed by atoms with Gasteiger partial charge in [0.15, 0.2) is 0 Å². The number of hydrogen-bond donors (Lipinski definition) is 2.